The Bertz CT molecular complexity index is 667. The highest BCUT2D eigenvalue weighted by Gasteiger charge is 2.08. The number of nitrogens with one attached hydrogen (secondary N) is 1. The monoisotopic (exact) mass is 353 g/mol. The van der Waals surface area contributed by atoms with Crippen LogP contribution in [0, 0.1) is 5.82 Å². The molecule has 6 heteroatoms. The standard InChI is InChI=1S/C18H21ClFNO3/c1-23-18-9-13(11-21-7-2-8-22)3-6-17(18)24-12-14-4-5-15(20)10-16(14)19/h3-6,9-10,21-22H,2,7-8,11-12H2,1H3. The molecule has 0 aliphatic carbocycles. The van der Waals surface area contributed by atoms with Gasteiger partial charge in [0.05, 0.1) is 12.1 Å². The Labute approximate surface area is 146 Å². The van der Waals surface area contributed by atoms with Gasteiger partial charge in [0.25, 0.3) is 0 Å². The van der Waals surface area contributed by atoms with Crippen LogP contribution in [0.25, 0.3) is 0 Å². The molecule has 0 bridgehead atoms. The lowest BCUT2D eigenvalue weighted by molar-refractivity contribution is 0.283. The van der Waals surface area contributed by atoms with E-state index in [2.05, 4.69) is 5.32 Å². The van der Waals surface area contributed by atoms with E-state index in [-0.39, 0.29) is 19.0 Å². The molecule has 0 saturated heterocycles. The van der Waals surface area contributed by atoms with Crippen LogP contribution in [0.4, 0.5) is 4.39 Å². The van der Waals surface area contributed by atoms with E-state index < -0.39 is 0 Å². The second kappa shape index (κ2) is 9.47. The van der Waals surface area contributed by atoms with Crippen molar-refractivity contribution in [2.75, 3.05) is 20.3 Å². The molecule has 0 atom stereocenters. The van der Waals surface area contributed by atoms with Crippen molar-refractivity contribution in [3.05, 3.63) is 58.4 Å². The maximum Gasteiger partial charge on any atom is 0.161 e. The summed E-state index contributed by atoms with van der Waals surface area (Å²) in [5, 5.41) is 12.3. The van der Waals surface area contributed by atoms with E-state index in [9.17, 15) is 4.39 Å². The number of rotatable bonds is 9. The maximum atomic E-state index is 13.1. The van der Waals surface area contributed by atoms with Crippen molar-refractivity contribution in [1.82, 2.24) is 5.32 Å². The van der Waals surface area contributed by atoms with Crippen molar-refractivity contribution in [2.24, 2.45) is 0 Å². The van der Waals surface area contributed by atoms with Crippen molar-refractivity contribution < 1.29 is 19.0 Å². The highest BCUT2D eigenvalue weighted by Crippen LogP contribution is 2.29. The number of hydrogen-bond donors (Lipinski definition) is 2. The lowest BCUT2D eigenvalue weighted by Crippen LogP contribution is -2.15. The normalized spacial score (nSPS) is 10.7. The summed E-state index contributed by atoms with van der Waals surface area (Å²) in [5.74, 6) is 0.839. The minimum atomic E-state index is -0.376. The number of halogens is 2. The second-order valence-electron chi connectivity index (χ2n) is 5.26. The average molecular weight is 354 g/mol. The van der Waals surface area contributed by atoms with Crippen molar-refractivity contribution in [3.8, 4) is 11.5 Å². The molecule has 0 fully saturated rings. The third-order valence-electron chi connectivity index (χ3n) is 3.47. The van der Waals surface area contributed by atoms with Crippen molar-refractivity contribution in [3.63, 3.8) is 0 Å². The van der Waals surface area contributed by atoms with E-state index >= 15 is 0 Å². The van der Waals surface area contributed by atoms with Gasteiger partial charge in [0.15, 0.2) is 11.5 Å². The third-order valence-corrected chi connectivity index (χ3v) is 3.82. The molecule has 0 saturated carbocycles. The predicted octanol–water partition coefficient (Wildman–Crippen LogP) is 3.54. The molecule has 130 valence electrons. The highest BCUT2D eigenvalue weighted by atomic mass is 35.5. The lowest BCUT2D eigenvalue weighted by atomic mass is 10.2. The molecule has 0 aliphatic rings. The van der Waals surface area contributed by atoms with Gasteiger partial charge in [-0.2, -0.15) is 0 Å². The molecule has 0 radical (unpaired) electrons. The van der Waals surface area contributed by atoms with Crippen LogP contribution < -0.4 is 14.8 Å². The Morgan fingerprint density at radius 1 is 1.17 bits per heavy atom. The molecule has 4 nitrogen and oxygen atoms in total. The molecular formula is C18H21ClFNO3. The van der Waals surface area contributed by atoms with Crippen molar-refractivity contribution in [2.45, 2.75) is 19.6 Å². The van der Waals surface area contributed by atoms with Gasteiger partial charge in [-0.1, -0.05) is 23.7 Å². The van der Waals surface area contributed by atoms with Gasteiger partial charge in [0.2, 0.25) is 0 Å². The van der Waals surface area contributed by atoms with Crippen LogP contribution in [0.2, 0.25) is 5.02 Å². The van der Waals surface area contributed by atoms with Gasteiger partial charge in [-0.05, 0) is 42.8 Å². The molecule has 2 aromatic carbocycles. The summed E-state index contributed by atoms with van der Waals surface area (Å²) in [6, 6.07) is 9.88. The van der Waals surface area contributed by atoms with Crippen LogP contribution in [0.5, 0.6) is 11.5 Å². The van der Waals surface area contributed by atoms with Gasteiger partial charge in [0, 0.05) is 18.7 Å². The Balaban J connectivity index is 1.99. The first-order valence-corrected chi connectivity index (χ1v) is 8.07. The predicted molar refractivity (Wildman–Crippen MR) is 92.1 cm³/mol. The zero-order valence-corrected chi connectivity index (χ0v) is 14.3. The van der Waals surface area contributed by atoms with Gasteiger partial charge >= 0.3 is 0 Å². The molecule has 0 aliphatic heterocycles. The first kappa shape index (κ1) is 18.5. The summed E-state index contributed by atoms with van der Waals surface area (Å²) in [6.07, 6.45) is 0.719. The SMILES string of the molecule is COc1cc(CNCCCO)ccc1OCc1ccc(F)cc1Cl. The largest absolute Gasteiger partial charge is 0.493 e. The van der Waals surface area contributed by atoms with Crippen LogP contribution in [-0.2, 0) is 13.2 Å². The number of ether oxygens (including phenoxy) is 2. The molecule has 0 heterocycles. The lowest BCUT2D eigenvalue weighted by Gasteiger charge is -2.13. The van der Waals surface area contributed by atoms with Gasteiger partial charge < -0.3 is 19.9 Å². The Hall–Kier alpha value is -1.82. The first-order valence-electron chi connectivity index (χ1n) is 7.69. The number of benzene rings is 2. The summed E-state index contributed by atoms with van der Waals surface area (Å²) >= 11 is 6.00. The van der Waals surface area contributed by atoms with Crippen LogP contribution in [0.15, 0.2) is 36.4 Å². The molecule has 2 aromatic rings. The topological polar surface area (TPSA) is 50.7 Å². The van der Waals surface area contributed by atoms with Crippen molar-refractivity contribution >= 4 is 11.6 Å². The molecule has 2 N–H and O–H groups in total. The highest BCUT2D eigenvalue weighted by molar-refractivity contribution is 6.31. The second-order valence-corrected chi connectivity index (χ2v) is 5.67. The van der Waals surface area contributed by atoms with Crippen LogP contribution in [0.1, 0.15) is 17.5 Å². The number of hydrogen-bond acceptors (Lipinski definition) is 4. The molecule has 0 aromatic heterocycles. The zero-order valence-electron chi connectivity index (χ0n) is 13.5. The molecule has 0 unspecified atom stereocenters. The summed E-state index contributed by atoms with van der Waals surface area (Å²) in [5.41, 5.74) is 1.76. The van der Waals surface area contributed by atoms with E-state index in [4.69, 9.17) is 26.2 Å². The van der Waals surface area contributed by atoms with E-state index in [1.54, 1.807) is 13.2 Å². The van der Waals surface area contributed by atoms with Crippen LogP contribution in [-0.4, -0.2) is 25.4 Å². The van der Waals surface area contributed by atoms with Crippen LogP contribution >= 0.6 is 11.6 Å². The molecule has 0 spiro atoms. The minimum Gasteiger partial charge on any atom is -0.493 e. The Morgan fingerprint density at radius 3 is 2.71 bits per heavy atom. The van der Waals surface area contributed by atoms with E-state index in [0.717, 1.165) is 18.5 Å². The average Bonchev–Trinajstić information content (AvgIpc) is 2.58. The van der Waals surface area contributed by atoms with Gasteiger partial charge in [-0.25, -0.2) is 4.39 Å². The number of aliphatic hydroxyl groups excluding tert-OH is 1. The van der Waals surface area contributed by atoms with Crippen LogP contribution in [0.3, 0.4) is 0 Å². The van der Waals surface area contributed by atoms with Gasteiger partial charge in [-0.3, -0.25) is 0 Å². The smallest absolute Gasteiger partial charge is 0.161 e. The van der Waals surface area contributed by atoms with E-state index in [0.29, 0.717) is 28.6 Å². The summed E-state index contributed by atoms with van der Waals surface area (Å²) in [4.78, 5) is 0. The number of aliphatic hydroxyl groups is 1. The number of methoxy groups -OCH3 is 1. The molecule has 2 rings (SSSR count). The van der Waals surface area contributed by atoms with E-state index in [1.807, 2.05) is 18.2 Å². The van der Waals surface area contributed by atoms with Gasteiger partial charge in [-0.15, -0.1) is 0 Å². The summed E-state index contributed by atoms with van der Waals surface area (Å²) in [6.45, 7) is 1.83. The summed E-state index contributed by atoms with van der Waals surface area (Å²) < 4.78 is 24.2. The minimum absolute atomic E-state index is 0.176. The third kappa shape index (κ3) is 5.37. The van der Waals surface area contributed by atoms with Crippen molar-refractivity contribution in [1.29, 1.82) is 0 Å². The molecular weight excluding hydrogens is 333 g/mol. The maximum absolute atomic E-state index is 13.1. The quantitative estimate of drug-likeness (QED) is 0.677. The van der Waals surface area contributed by atoms with Gasteiger partial charge in [0.1, 0.15) is 12.4 Å². The first-order chi connectivity index (χ1) is 11.6. The van der Waals surface area contributed by atoms with E-state index in [1.165, 1.54) is 12.1 Å². The fraction of sp³-hybridized carbons (Fsp3) is 0.333. The fourth-order valence-corrected chi connectivity index (χ4v) is 2.39. The zero-order chi connectivity index (χ0) is 17.4. The Kier molecular flexibility index (Phi) is 7.31. The molecule has 24 heavy (non-hydrogen) atoms. The summed E-state index contributed by atoms with van der Waals surface area (Å²) in [7, 11) is 1.58. The fourth-order valence-electron chi connectivity index (χ4n) is 2.17. The Morgan fingerprint density at radius 2 is 2.00 bits per heavy atom. The molecule has 0 amide bonds.